The maximum atomic E-state index is 13.3. The number of nitrogens with zero attached hydrogens (tertiary/aromatic N) is 2. The highest BCUT2D eigenvalue weighted by atomic mass is 32.1. The van der Waals surface area contributed by atoms with Crippen LogP contribution in [0.3, 0.4) is 0 Å². The van der Waals surface area contributed by atoms with Gasteiger partial charge in [0.25, 0.3) is 5.92 Å². The Balaban J connectivity index is 2.06. The summed E-state index contributed by atoms with van der Waals surface area (Å²) in [6, 6.07) is 0. The lowest BCUT2D eigenvalue weighted by Crippen LogP contribution is -2.47. The summed E-state index contributed by atoms with van der Waals surface area (Å²) in [6.07, 6.45) is 3.25. The van der Waals surface area contributed by atoms with E-state index in [2.05, 4.69) is 11.0 Å². The fourth-order valence-electron chi connectivity index (χ4n) is 2.10. The minimum atomic E-state index is -2.64. The number of carbonyl (C=O) groups excluding carboxylic acids is 1. The standard InChI is InChI=1S/C13H16F2N2OS/c1-3-12(18)17(7-10-6-16-19-9(10)2)8-11-4-5-13(11,14)15/h3,6,11H,1,4-5,7-8H2,2H3. The van der Waals surface area contributed by atoms with Crippen LogP contribution < -0.4 is 0 Å². The number of halogens is 2. The highest BCUT2D eigenvalue weighted by Gasteiger charge is 2.48. The Morgan fingerprint density at radius 3 is 2.89 bits per heavy atom. The van der Waals surface area contributed by atoms with Crippen molar-refractivity contribution in [2.45, 2.75) is 32.2 Å². The van der Waals surface area contributed by atoms with E-state index in [9.17, 15) is 13.6 Å². The molecule has 1 atom stereocenters. The monoisotopic (exact) mass is 286 g/mol. The zero-order valence-corrected chi connectivity index (χ0v) is 11.6. The number of aromatic nitrogens is 1. The zero-order chi connectivity index (χ0) is 14.0. The Hall–Kier alpha value is -1.30. The fourth-order valence-corrected chi connectivity index (χ4v) is 2.67. The molecule has 0 spiro atoms. The van der Waals surface area contributed by atoms with Crippen molar-refractivity contribution < 1.29 is 13.6 Å². The van der Waals surface area contributed by atoms with Gasteiger partial charge in [-0.2, -0.15) is 0 Å². The summed E-state index contributed by atoms with van der Waals surface area (Å²) < 4.78 is 30.7. The highest BCUT2D eigenvalue weighted by Crippen LogP contribution is 2.43. The minimum Gasteiger partial charge on any atom is -0.334 e. The summed E-state index contributed by atoms with van der Waals surface area (Å²) in [6.45, 7) is 5.73. The molecule has 1 aliphatic rings. The molecule has 19 heavy (non-hydrogen) atoms. The van der Waals surface area contributed by atoms with Crippen molar-refractivity contribution in [3.05, 3.63) is 29.3 Å². The molecule has 0 N–H and O–H groups in total. The molecule has 6 heteroatoms. The third-order valence-corrected chi connectivity index (χ3v) is 4.31. The van der Waals surface area contributed by atoms with E-state index >= 15 is 0 Å². The molecular weight excluding hydrogens is 270 g/mol. The predicted molar refractivity (Wildman–Crippen MR) is 70.1 cm³/mol. The predicted octanol–water partition coefficient (Wildman–Crippen LogP) is 3.01. The molecule has 1 amide bonds. The molecule has 0 radical (unpaired) electrons. The van der Waals surface area contributed by atoms with Crippen molar-refractivity contribution >= 4 is 17.4 Å². The van der Waals surface area contributed by atoms with Crippen molar-refractivity contribution in [3.8, 4) is 0 Å². The summed E-state index contributed by atoms with van der Waals surface area (Å²) >= 11 is 1.34. The van der Waals surface area contributed by atoms with Gasteiger partial charge in [0.2, 0.25) is 5.91 Å². The molecule has 3 nitrogen and oxygen atoms in total. The first kappa shape index (κ1) is 14.1. The van der Waals surface area contributed by atoms with Gasteiger partial charge < -0.3 is 4.90 Å². The average Bonchev–Trinajstić information content (AvgIpc) is 2.77. The summed E-state index contributed by atoms with van der Waals surface area (Å²) in [5.74, 6) is -3.68. The van der Waals surface area contributed by atoms with Crippen LogP contribution in [-0.2, 0) is 11.3 Å². The topological polar surface area (TPSA) is 33.2 Å². The van der Waals surface area contributed by atoms with Gasteiger partial charge in [-0.05, 0) is 31.0 Å². The fraction of sp³-hybridized carbons (Fsp3) is 0.538. The van der Waals surface area contributed by atoms with Crippen LogP contribution >= 0.6 is 11.5 Å². The number of carbonyl (C=O) groups is 1. The van der Waals surface area contributed by atoms with Crippen molar-refractivity contribution in [1.82, 2.24) is 9.27 Å². The van der Waals surface area contributed by atoms with Crippen molar-refractivity contribution in [2.24, 2.45) is 5.92 Å². The van der Waals surface area contributed by atoms with E-state index in [1.165, 1.54) is 22.5 Å². The second-order valence-corrected chi connectivity index (χ2v) is 5.83. The summed E-state index contributed by atoms with van der Waals surface area (Å²) in [7, 11) is 0. The molecule has 0 aromatic carbocycles. The molecular formula is C13H16F2N2OS. The normalized spacial score (nSPS) is 20.7. The van der Waals surface area contributed by atoms with Crippen LogP contribution in [0.15, 0.2) is 18.9 Å². The third-order valence-electron chi connectivity index (χ3n) is 3.56. The summed E-state index contributed by atoms with van der Waals surface area (Å²) in [5.41, 5.74) is 0.905. The Labute approximate surface area is 115 Å². The lowest BCUT2D eigenvalue weighted by Gasteiger charge is -2.39. The molecule has 0 bridgehead atoms. The molecule has 1 unspecified atom stereocenters. The first-order valence-corrected chi connectivity index (χ1v) is 6.90. The lowest BCUT2D eigenvalue weighted by atomic mass is 9.80. The van der Waals surface area contributed by atoms with Gasteiger partial charge in [0, 0.05) is 42.1 Å². The number of aryl methyl sites for hydroxylation is 1. The molecule has 1 saturated carbocycles. The number of amides is 1. The smallest absolute Gasteiger partial charge is 0.252 e. The van der Waals surface area contributed by atoms with E-state index in [1.807, 2.05) is 6.92 Å². The molecule has 2 rings (SSSR count). The minimum absolute atomic E-state index is 0.0765. The molecule has 1 heterocycles. The first-order valence-electron chi connectivity index (χ1n) is 6.13. The third kappa shape index (κ3) is 3.00. The molecule has 1 aliphatic carbocycles. The van der Waals surface area contributed by atoms with Crippen molar-refractivity contribution in [1.29, 1.82) is 0 Å². The van der Waals surface area contributed by atoms with Crippen LogP contribution in [0, 0.1) is 12.8 Å². The van der Waals surface area contributed by atoms with Crippen LogP contribution in [0.1, 0.15) is 23.3 Å². The van der Waals surface area contributed by atoms with Gasteiger partial charge in [0.05, 0.1) is 0 Å². The number of hydrogen-bond donors (Lipinski definition) is 0. The Kier molecular flexibility index (Phi) is 3.99. The van der Waals surface area contributed by atoms with E-state index in [4.69, 9.17) is 0 Å². The van der Waals surface area contributed by atoms with Crippen LogP contribution in [0.4, 0.5) is 8.78 Å². The van der Waals surface area contributed by atoms with Gasteiger partial charge in [-0.15, -0.1) is 0 Å². The van der Waals surface area contributed by atoms with Crippen LogP contribution in [0.2, 0.25) is 0 Å². The number of alkyl halides is 2. The van der Waals surface area contributed by atoms with E-state index in [1.54, 1.807) is 6.20 Å². The second-order valence-electron chi connectivity index (χ2n) is 4.83. The lowest BCUT2D eigenvalue weighted by molar-refractivity contribution is -0.149. The van der Waals surface area contributed by atoms with Gasteiger partial charge in [-0.3, -0.25) is 4.79 Å². The van der Waals surface area contributed by atoms with E-state index in [0.29, 0.717) is 13.0 Å². The molecule has 0 aliphatic heterocycles. The van der Waals surface area contributed by atoms with E-state index in [0.717, 1.165) is 10.4 Å². The summed E-state index contributed by atoms with van der Waals surface area (Å²) in [5, 5.41) is 0. The van der Waals surface area contributed by atoms with Crippen LogP contribution in [0.5, 0.6) is 0 Å². The number of hydrogen-bond acceptors (Lipinski definition) is 3. The maximum absolute atomic E-state index is 13.3. The Morgan fingerprint density at radius 2 is 2.47 bits per heavy atom. The Bertz CT molecular complexity index is 487. The average molecular weight is 286 g/mol. The van der Waals surface area contributed by atoms with Crippen molar-refractivity contribution in [2.75, 3.05) is 6.54 Å². The SMILES string of the molecule is C=CC(=O)N(Cc1cnsc1C)CC1CCC1(F)F. The highest BCUT2D eigenvalue weighted by molar-refractivity contribution is 7.05. The maximum Gasteiger partial charge on any atom is 0.252 e. The molecule has 0 saturated heterocycles. The van der Waals surface area contributed by atoms with E-state index in [-0.39, 0.29) is 18.9 Å². The van der Waals surface area contributed by atoms with Crippen LogP contribution in [0.25, 0.3) is 0 Å². The first-order chi connectivity index (χ1) is 8.94. The van der Waals surface area contributed by atoms with Gasteiger partial charge >= 0.3 is 0 Å². The van der Waals surface area contributed by atoms with Gasteiger partial charge in [-0.1, -0.05) is 6.58 Å². The molecule has 1 aromatic rings. The van der Waals surface area contributed by atoms with Gasteiger partial charge in [0.15, 0.2) is 0 Å². The van der Waals surface area contributed by atoms with Gasteiger partial charge in [0.1, 0.15) is 0 Å². The van der Waals surface area contributed by atoms with Crippen molar-refractivity contribution in [3.63, 3.8) is 0 Å². The van der Waals surface area contributed by atoms with E-state index < -0.39 is 11.8 Å². The zero-order valence-electron chi connectivity index (χ0n) is 10.7. The molecule has 1 aromatic heterocycles. The molecule has 1 fully saturated rings. The summed E-state index contributed by atoms with van der Waals surface area (Å²) in [4.78, 5) is 14.2. The van der Waals surface area contributed by atoms with Crippen LogP contribution in [-0.4, -0.2) is 27.6 Å². The largest absolute Gasteiger partial charge is 0.334 e. The number of rotatable bonds is 5. The van der Waals surface area contributed by atoms with Gasteiger partial charge in [-0.25, -0.2) is 13.2 Å². The molecule has 104 valence electrons. The quantitative estimate of drug-likeness (QED) is 0.780. The Morgan fingerprint density at radius 1 is 1.74 bits per heavy atom. The second kappa shape index (κ2) is 5.36.